The van der Waals surface area contributed by atoms with Gasteiger partial charge in [0.15, 0.2) is 0 Å². The second-order valence-corrected chi connectivity index (χ2v) is 2.75. The van der Waals surface area contributed by atoms with Gasteiger partial charge in [0.05, 0.1) is 0 Å². The van der Waals surface area contributed by atoms with Crippen molar-refractivity contribution < 1.29 is 22.7 Å². The predicted octanol–water partition coefficient (Wildman–Crippen LogP) is 2.92. The van der Waals surface area contributed by atoms with Gasteiger partial charge in [-0.25, -0.2) is 17.6 Å². The summed E-state index contributed by atoms with van der Waals surface area (Å²) in [6, 6.07) is 4.39. The smallest absolute Gasteiger partial charge is 0.268 e. The Balaban J connectivity index is 2.93. The Morgan fingerprint density at radius 1 is 1.00 bits per heavy atom. The van der Waals surface area contributed by atoms with E-state index >= 15 is 0 Å². The molecule has 0 fully saturated rings. The lowest BCUT2D eigenvalue weighted by atomic mass is 10.1. The van der Waals surface area contributed by atoms with Crippen LogP contribution in [0.2, 0.25) is 0 Å². The third kappa shape index (κ3) is 2.45. The van der Waals surface area contributed by atoms with E-state index < -0.39 is 19.0 Å². The molecular weight excluding hydrogens is 200 g/mol. The molecule has 0 aliphatic carbocycles. The topological polar surface area (TPSA) is 20.2 Å². The van der Waals surface area contributed by atoms with Crippen LogP contribution in [0.3, 0.4) is 0 Å². The Hall–Kier alpha value is -1.10. The standard InChI is InChI=1S/C9H8F4O/c10-8(11)6-3-1-2-5(4-6)7(14)9(12)13/h1-4,7-9,14H. The second kappa shape index (κ2) is 4.41. The molecule has 0 aromatic heterocycles. The van der Waals surface area contributed by atoms with E-state index in [4.69, 9.17) is 5.11 Å². The number of hydrogen-bond acceptors (Lipinski definition) is 1. The van der Waals surface area contributed by atoms with Crippen molar-refractivity contribution in [2.75, 3.05) is 0 Å². The number of aliphatic hydroxyl groups is 1. The molecule has 1 N–H and O–H groups in total. The zero-order chi connectivity index (χ0) is 10.7. The fourth-order valence-electron chi connectivity index (χ4n) is 1.02. The Bertz CT molecular complexity index is 301. The summed E-state index contributed by atoms with van der Waals surface area (Å²) in [6.07, 6.45) is -7.70. The minimum atomic E-state index is -2.97. The molecule has 14 heavy (non-hydrogen) atoms. The summed E-state index contributed by atoms with van der Waals surface area (Å²) in [5.41, 5.74) is -0.569. The minimum absolute atomic E-state index is 0.196. The number of halogens is 4. The van der Waals surface area contributed by atoms with E-state index in [0.29, 0.717) is 0 Å². The Labute approximate surface area is 78.0 Å². The molecule has 0 saturated heterocycles. The third-order valence-electron chi connectivity index (χ3n) is 1.74. The van der Waals surface area contributed by atoms with E-state index in [2.05, 4.69) is 0 Å². The predicted molar refractivity (Wildman–Crippen MR) is 42.4 cm³/mol. The molecular formula is C9H8F4O. The van der Waals surface area contributed by atoms with E-state index in [9.17, 15) is 17.6 Å². The van der Waals surface area contributed by atoms with Gasteiger partial charge in [0.1, 0.15) is 6.10 Å². The molecule has 1 rings (SSSR count). The number of rotatable bonds is 3. The summed E-state index contributed by atoms with van der Waals surface area (Å²) in [4.78, 5) is 0. The van der Waals surface area contributed by atoms with Crippen molar-refractivity contribution in [1.29, 1.82) is 0 Å². The molecule has 0 saturated carbocycles. The molecule has 1 unspecified atom stereocenters. The molecule has 1 aromatic carbocycles. The van der Waals surface area contributed by atoms with Crippen molar-refractivity contribution in [3.63, 3.8) is 0 Å². The molecule has 78 valence electrons. The lowest BCUT2D eigenvalue weighted by Crippen LogP contribution is -2.08. The molecule has 0 heterocycles. The highest BCUT2D eigenvalue weighted by Crippen LogP contribution is 2.25. The van der Waals surface area contributed by atoms with Crippen LogP contribution in [0.5, 0.6) is 0 Å². The fourth-order valence-corrected chi connectivity index (χ4v) is 1.02. The Morgan fingerprint density at radius 3 is 2.07 bits per heavy atom. The SMILES string of the molecule is OC(c1cccc(C(F)F)c1)C(F)F. The molecule has 1 atom stereocenters. The molecule has 0 bridgehead atoms. The first-order valence-electron chi connectivity index (χ1n) is 3.86. The maximum absolute atomic E-state index is 12.1. The van der Waals surface area contributed by atoms with Crippen LogP contribution in [-0.4, -0.2) is 11.5 Å². The minimum Gasteiger partial charge on any atom is -0.382 e. The first-order valence-corrected chi connectivity index (χ1v) is 3.86. The van der Waals surface area contributed by atoms with Gasteiger partial charge in [-0.15, -0.1) is 0 Å². The van der Waals surface area contributed by atoms with Gasteiger partial charge >= 0.3 is 0 Å². The monoisotopic (exact) mass is 208 g/mol. The second-order valence-electron chi connectivity index (χ2n) is 2.75. The largest absolute Gasteiger partial charge is 0.382 e. The van der Waals surface area contributed by atoms with E-state index in [1.807, 2.05) is 0 Å². The molecule has 1 nitrogen and oxygen atoms in total. The van der Waals surface area contributed by atoms with E-state index in [1.54, 1.807) is 0 Å². The third-order valence-corrected chi connectivity index (χ3v) is 1.74. The van der Waals surface area contributed by atoms with Crippen LogP contribution in [0, 0.1) is 0 Å². The van der Waals surface area contributed by atoms with Crippen LogP contribution in [0.4, 0.5) is 17.6 Å². The molecule has 0 amide bonds. The van der Waals surface area contributed by atoms with E-state index in [-0.39, 0.29) is 11.1 Å². The Kier molecular flexibility index (Phi) is 3.46. The fraction of sp³-hybridized carbons (Fsp3) is 0.333. The van der Waals surface area contributed by atoms with Gasteiger partial charge in [-0.3, -0.25) is 0 Å². The lowest BCUT2D eigenvalue weighted by molar-refractivity contribution is -0.00595. The normalized spacial score (nSPS) is 13.6. The first-order chi connectivity index (χ1) is 6.52. The van der Waals surface area contributed by atoms with Crippen molar-refractivity contribution in [3.8, 4) is 0 Å². The molecule has 5 heteroatoms. The average molecular weight is 208 g/mol. The van der Waals surface area contributed by atoms with Crippen LogP contribution < -0.4 is 0 Å². The summed E-state index contributed by atoms with van der Waals surface area (Å²) in [6.45, 7) is 0. The van der Waals surface area contributed by atoms with Crippen molar-refractivity contribution in [3.05, 3.63) is 35.4 Å². The summed E-state index contributed by atoms with van der Waals surface area (Å²) in [5.74, 6) is 0. The van der Waals surface area contributed by atoms with Gasteiger partial charge < -0.3 is 5.11 Å². The number of alkyl halides is 4. The Morgan fingerprint density at radius 2 is 1.57 bits per heavy atom. The van der Waals surface area contributed by atoms with Gasteiger partial charge in [-0.2, -0.15) is 0 Å². The highest BCUT2D eigenvalue weighted by molar-refractivity contribution is 5.26. The van der Waals surface area contributed by atoms with Gasteiger partial charge in [0.2, 0.25) is 0 Å². The number of benzene rings is 1. The number of aliphatic hydroxyl groups excluding tert-OH is 1. The average Bonchev–Trinajstić information content (AvgIpc) is 2.16. The van der Waals surface area contributed by atoms with E-state index in [1.165, 1.54) is 12.1 Å². The summed E-state index contributed by atoms with van der Waals surface area (Å²) >= 11 is 0. The molecule has 0 aliphatic heterocycles. The number of hydrogen-bond donors (Lipinski definition) is 1. The van der Waals surface area contributed by atoms with Crippen LogP contribution in [0.1, 0.15) is 23.7 Å². The summed E-state index contributed by atoms with van der Waals surface area (Å²) < 4.78 is 48.3. The van der Waals surface area contributed by atoms with E-state index in [0.717, 1.165) is 12.1 Å². The molecule has 0 radical (unpaired) electrons. The van der Waals surface area contributed by atoms with Crippen LogP contribution in [0.25, 0.3) is 0 Å². The van der Waals surface area contributed by atoms with Gasteiger partial charge in [-0.1, -0.05) is 18.2 Å². The molecule has 0 aliphatic rings. The van der Waals surface area contributed by atoms with Crippen molar-refractivity contribution in [2.45, 2.75) is 19.0 Å². The maximum atomic E-state index is 12.1. The van der Waals surface area contributed by atoms with Gasteiger partial charge in [-0.05, 0) is 11.6 Å². The highest BCUT2D eigenvalue weighted by Gasteiger charge is 2.20. The zero-order valence-corrected chi connectivity index (χ0v) is 7.00. The van der Waals surface area contributed by atoms with Crippen LogP contribution in [0.15, 0.2) is 24.3 Å². The molecule has 1 aromatic rings. The van der Waals surface area contributed by atoms with Crippen LogP contribution >= 0.6 is 0 Å². The maximum Gasteiger partial charge on any atom is 0.268 e. The lowest BCUT2D eigenvalue weighted by Gasteiger charge is -2.10. The van der Waals surface area contributed by atoms with Crippen LogP contribution in [-0.2, 0) is 0 Å². The van der Waals surface area contributed by atoms with Crippen molar-refractivity contribution in [1.82, 2.24) is 0 Å². The van der Waals surface area contributed by atoms with Gasteiger partial charge in [0, 0.05) is 5.56 Å². The molecule has 0 spiro atoms. The summed E-state index contributed by atoms with van der Waals surface area (Å²) in [5, 5.41) is 8.91. The zero-order valence-electron chi connectivity index (χ0n) is 7.00. The van der Waals surface area contributed by atoms with Gasteiger partial charge in [0.25, 0.3) is 12.9 Å². The highest BCUT2D eigenvalue weighted by atomic mass is 19.3. The first kappa shape index (κ1) is 11.0. The summed E-state index contributed by atoms with van der Waals surface area (Å²) in [7, 11) is 0. The van der Waals surface area contributed by atoms with Crippen molar-refractivity contribution >= 4 is 0 Å². The quantitative estimate of drug-likeness (QED) is 0.757. The van der Waals surface area contributed by atoms with Crippen molar-refractivity contribution in [2.24, 2.45) is 0 Å².